The molecular formula is C15H29N3O. The molecule has 0 radical (unpaired) electrons. The SMILES string of the molecule is CCN(CC1CCCN1)C(C)C(=O)NC1CCCC1. The summed E-state index contributed by atoms with van der Waals surface area (Å²) in [7, 11) is 0. The fraction of sp³-hybridized carbons (Fsp3) is 0.933. The highest BCUT2D eigenvalue weighted by Gasteiger charge is 2.26. The molecule has 2 rings (SSSR count). The number of rotatable bonds is 6. The first-order valence-electron chi connectivity index (χ1n) is 7.98. The first-order chi connectivity index (χ1) is 9.20. The maximum Gasteiger partial charge on any atom is 0.237 e. The first kappa shape index (κ1) is 14.8. The molecule has 4 nitrogen and oxygen atoms in total. The van der Waals surface area contributed by atoms with E-state index >= 15 is 0 Å². The zero-order valence-corrected chi connectivity index (χ0v) is 12.5. The third kappa shape index (κ3) is 4.18. The normalized spacial score (nSPS) is 25.9. The smallest absolute Gasteiger partial charge is 0.237 e. The Bertz CT molecular complexity index is 283. The minimum absolute atomic E-state index is 0.00648. The predicted molar refractivity (Wildman–Crippen MR) is 78.1 cm³/mol. The molecule has 0 aromatic carbocycles. The van der Waals surface area contributed by atoms with E-state index in [0.29, 0.717) is 12.1 Å². The summed E-state index contributed by atoms with van der Waals surface area (Å²) in [6, 6.07) is 0.993. The summed E-state index contributed by atoms with van der Waals surface area (Å²) in [4.78, 5) is 14.6. The Hall–Kier alpha value is -0.610. The summed E-state index contributed by atoms with van der Waals surface area (Å²) >= 11 is 0. The number of hydrogen-bond donors (Lipinski definition) is 2. The van der Waals surface area contributed by atoms with Gasteiger partial charge < -0.3 is 10.6 Å². The van der Waals surface area contributed by atoms with Gasteiger partial charge in [-0.2, -0.15) is 0 Å². The van der Waals surface area contributed by atoms with E-state index < -0.39 is 0 Å². The van der Waals surface area contributed by atoms with E-state index in [1.807, 2.05) is 6.92 Å². The van der Waals surface area contributed by atoms with Crippen molar-refractivity contribution < 1.29 is 4.79 Å². The van der Waals surface area contributed by atoms with Gasteiger partial charge in [0.05, 0.1) is 6.04 Å². The van der Waals surface area contributed by atoms with Crippen molar-refractivity contribution in [2.24, 2.45) is 0 Å². The van der Waals surface area contributed by atoms with Gasteiger partial charge in [0.1, 0.15) is 0 Å². The second-order valence-electron chi connectivity index (χ2n) is 6.05. The molecule has 2 atom stereocenters. The van der Waals surface area contributed by atoms with Crippen LogP contribution in [0.2, 0.25) is 0 Å². The number of carbonyl (C=O) groups is 1. The lowest BCUT2D eigenvalue weighted by molar-refractivity contribution is -0.126. The van der Waals surface area contributed by atoms with Gasteiger partial charge in [-0.1, -0.05) is 19.8 Å². The average molecular weight is 267 g/mol. The second kappa shape index (κ2) is 7.25. The highest BCUT2D eigenvalue weighted by molar-refractivity contribution is 5.81. The van der Waals surface area contributed by atoms with E-state index in [0.717, 1.165) is 32.5 Å². The van der Waals surface area contributed by atoms with E-state index in [2.05, 4.69) is 22.5 Å². The third-order valence-corrected chi connectivity index (χ3v) is 4.65. The zero-order chi connectivity index (χ0) is 13.7. The van der Waals surface area contributed by atoms with Crippen LogP contribution < -0.4 is 10.6 Å². The molecule has 1 amide bonds. The molecule has 0 aromatic heterocycles. The van der Waals surface area contributed by atoms with Gasteiger partial charge in [-0.15, -0.1) is 0 Å². The molecule has 1 aliphatic carbocycles. The standard InChI is InChI=1S/C15H29N3O/c1-3-18(11-14-9-6-10-16-14)12(2)15(19)17-13-7-4-5-8-13/h12-14,16H,3-11H2,1-2H3,(H,17,19). The number of amides is 1. The van der Waals surface area contributed by atoms with Gasteiger partial charge in [-0.25, -0.2) is 0 Å². The van der Waals surface area contributed by atoms with Gasteiger partial charge in [0.2, 0.25) is 5.91 Å². The quantitative estimate of drug-likeness (QED) is 0.767. The van der Waals surface area contributed by atoms with Crippen LogP contribution in [0.15, 0.2) is 0 Å². The summed E-state index contributed by atoms with van der Waals surface area (Å²) in [6.07, 6.45) is 7.37. The summed E-state index contributed by atoms with van der Waals surface area (Å²) in [5.74, 6) is 0.215. The van der Waals surface area contributed by atoms with Gasteiger partial charge in [0, 0.05) is 18.6 Å². The van der Waals surface area contributed by atoms with E-state index in [4.69, 9.17) is 0 Å². The molecule has 2 N–H and O–H groups in total. The van der Waals surface area contributed by atoms with Crippen LogP contribution in [-0.2, 0) is 4.79 Å². The molecule has 0 spiro atoms. The minimum atomic E-state index is -0.00648. The highest BCUT2D eigenvalue weighted by Crippen LogP contribution is 2.18. The summed E-state index contributed by atoms with van der Waals surface area (Å²) in [6.45, 7) is 7.26. The van der Waals surface area contributed by atoms with Crippen LogP contribution in [0.25, 0.3) is 0 Å². The van der Waals surface area contributed by atoms with E-state index in [1.54, 1.807) is 0 Å². The second-order valence-corrected chi connectivity index (χ2v) is 6.05. The van der Waals surface area contributed by atoms with Crippen LogP contribution in [0, 0.1) is 0 Å². The van der Waals surface area contributed by atoms with Crippen LogP contribution >= 0.6 is 0 Å². The van der Waals surface area contributed by atoms with Crippen LogP contribution in [0.1, 0.15) is 52.4 Å². The number of carbonyl (C=O) groups excluding carboxylic acids is 1. The maximum absolute atomic E-state index is 12.3. The van der Waals surface area contributed by atoms with E-state index in [1.165, 1.54) is 25.7 Å². The van der Waals surface area contributed by atoms with Crippen molar-refractivity contribution in [3.05, 3.63) is 0 Å². The van der Waals surface area contributed by atoms with Crippen LogP contribution in [0.4, 0.5) is 0 Å². The minimum Gasteiger partial charge on any atom is -0.352 e. The monoisotopic (exact) mass is 267 g/mol. The topological polar surface area (TPSA) is 44.4 Å². The molecular weight excluding hydrogens is 238 g/mol. The van der Waals surface area contributed by atoms with Crippen molar-refractivity contribution in [3.8, 4) is 0 Å². The fourth-order valence-corrected chi connectivity index (χ4v) is 3.31. The Morgan fingerprint density at radius 3 is 2.63 bits per heavy atom. The Morgan fingerprint density at radius 1 is 1.32 bits per heavy atom. The Labute approximate surface area is 117 Å². The highest BCUT2D eigenvalue weighted by atomic mass is 16.2. The van der Waals surface area contributed by atoms with Gasteiger partial charge in [0.25, 0.3) is 0 Å². The van der Waals surface area contributed by atoms with Crippen molar-refractivity contribution in [1.29, 1.82) is 0 Å². The Kier molecular flexibility index (Phi) is 5.64. The lowest BCUT2D eigenvalue weighted by atomic mass is 10.1. The van der Waals surface area contributed by atoms with Gasteiger partial charge in [-0.05, 0) is 45.7 Å². The molecule has 0 bridgehead atoms. The predicted octanol–water partition coefficient (Wildman–Crippen LogP) is 1.51. The van der Waals surface area contributed by atoms with Gasteiger partial charge >= 0.3 is 0 Å². The maximum atomic E-state index is 12.3. The van der Waals surface area contributed by atoms with Crippen molar-refractivity contribution in [2.45, 2.75) is 70.5 Å². The van der Waals surface area contributed by atoms with Gasteiger partial charge in [-0.3, -0.25) is 9.69 Å². The zero-order valence-electron chi connectivity index (χ0n) is 12.5. The fourth-order valence-electron chi connectivity index (χ4n) is 3.31. The van der Waals surface area contributed by atoms with Crippen molar-refractivity contribution in [2.75, 3.05) is 19.6 Å². The molecule has 4 heteroatoms. The van der Waals surface area contributed by atoms with Crippen LogP contribution in [0.5, 0.6) is 0 Å². The molecule has 19 heavy (non-hydrogen) atoms. The molecule has 1 heterocycles. The average Bonchev–Trinajstić information content (AvgIpc) is 3.08. The molecule has 1 saturated carbocycles. The lowest BCUT2D eigenvalue weighted by Gasteiger charge is -2.30. The molecule has 1 saturated heterocycles. The molecule has 2 aliphatic rings. The summed E-state index contributed by atoms with van der Waals surface area (Å²) in [5, 5.41) is 6.73. The Balaban J connectivity index is 1.80. The van der Waals surface area contributed by atoms with E-state index in [9.17, 15) is 4.79 Å². The Morgan fingerprint density at radius 2 is 2.05 bits per heavy atom. The number of hydrogen-bond acceptors (Lipinski definition) is 3. The van der Waals surface area contributed by atoms with Crippen LogP contribution in [-0.4, -0.2) is 48.6 Å². The molecule has 2 fully saturated rings. The van der Waals surface area contributed by atoms with Gasteiger partial charge in [0.15, 0.2) is 0 Å². The van der Waals surface area contributed by atoms with Crippen LogP contribution in [0.3, 0.4) is 0 Å². The van der Waals surface area contributed by atoms with Crippen molar-refractivity contribution >= 4 is 5.91 Å². The number of nitrogens with zero attached hydrogens (tertiary/aromatic N) is 1. The number of nitrogens with one attached hydrogen (secondary N) is 2. The lowest BCUT2D eigenvalue weighted by Crippen LogP contribution is -2.50. The summed E-state index contributed by atoms with van der Waals surface area (Å²) < 4.78 is 0. The first-order valence-corrected chi connectivity index (χ1v) is 7.98. The van der Waals surface area contributed by atoms with Crippen molar-refractivity contribution in [3.63, 3.8) is 0 Å². The number of likely N-dealkylation sites (N-methyl/N-ethyl adjacent to an activating group) is 1. The molecule has 2 unspecified atom stereocenters. The largest absolute Gasteiger partial charge is 0.352 e. The van der Waals surface area contributed by atoms with Crippen molar-refractivity contribution in [1.82, 2.24) is 15.5 Å². The molecule has 1 aliphatic heterocycles. The van der Waals surface area contributed by atoms with E-state index in [-0.39, 0.29) is 11.9 Å². The summed E-state index contributed by atoms with van der Waals surface area (Å²) in [5.41, 5.74) is 0. The molecule has 0 aromatic rings. The molecule has 110 valence electrons. The third-order valence-electron chi connectivity index (χ3n) is 4.65.